The fourth-order valence-electron chi connectivity index (χ4n) is 1.56. The molecule has 60 valence electrons. The molecule has 0 bridgehead atoms. The maximum atomic E-state index is 12.0. The third kappa shape index (κ3) is 1.94. The average molecular weight is 145 g/mol. The van der Waals surface area contributed by atoms with E-state index in [9.17, 15) is 4.39 Å². The smallest absolute Gasteiger partial charge is 0.0900 e. The van der Waals surface area contributed by atoms with Crippen LogP contribution in [0, 0.1) is 5.41 Å². The fourth-order valence-corrected chi connectivity index (χ4v) is 1.56. The first kappa shape index (κ1) is 7.99. The molecule has 1 rings (SSSR count). The highest BCUT2D eigenvalue weighted by Crippen LogP contribution is 2.28. The highest BCUT2D eigenvalue weighted by Gasteiger charge is 2.25. The third-order valence-corrected chi connectivity index (χ3v) is 2.38. The van der Waals surface area contributed by atoms with Crippen molar-refractivity contribution in [2.24, 2.45) is 5.41 Å². The summed E-state index contributed by atoms with van der Waals surface area (Å²) >= 11 is 0. The molecule has 1 aliphatic heterocycles. The van der Waals surface area contributed by atoms with Crippen molar-refractivity contribution >= 4 is 0 Å². The van der Waals surface area contributed by atoms with E-state index in [0.29, 0.717) is 0 Å². The van der Waals surface area contributed by atoms with Gasteiger partial charge in [0.2, 0.25) is 0 Å². The zero-order valence-corrected chi connectivity index (χ0v) is 6.62. The Labute approximate surface area is 62.0 Å². The van der Waals surface area contributed by atoms with Crippen LogP contribution in [0.2, 0.25) is 0 Å². The normalized spacial score (nSPS) is 34.2. The number of halogens is 1. The average Bonchev–Trinajstić information content (AvgIpc) is 1.89. The number of hydrogen-bond acceptors (Lipinski definition) is 1. The van der Waals surface area contributed by atoms with Gasteiger partial charge in [0.15, 0.2) is 0 Å². The molecule has 1 heterocycles. The van der Waals surface area contributed by atoms with Crippen LogP contribution in [-0.2, 0) is 0 Å². The number of hydrogen-bond donors (Lipinski definition) is 1. The van der Waals surface area contributed by atoms with Crippen LogP contribution in [-0.4, -0.2) is 19.8 Å². The van der Waals surface area contributed by atoms with Crippen LogP contribution in [0.1, 0.15) is 26.2 Å². The summed E-state index contributed by atoms with van der Waals surface area (Å²) in [5.41, 5.74) is 0.243. The van der Waals surface area contributed by atoms with Crippen LogP contribution < -0.4 is 5.32 Å². The molecular weight excluding hydrogens is 129 g/mol. The van der Waals surface area contributed by atoms with Gasteiger partial charge in [0, 0.05) is 6.54 Å². The summed E-state index contributed by atoms with van der Waals surface area (Å²) in [6, 6.07) is 0. The van der Waals surface area contributed by atoms with E-state index in [1.54, 1.807) is 0 Å². The van der Waals surface area contributed by atoms with Crippen molar-refractivity contribution in [3.63, 3.8) is 0 Å². The van der Waals surface area contributed by atoms with Crippen LogP contribution in [0.3, 0.4) is 0 Å². The molecule has 0 aromatic carbocycles. The van der Waals surface area contributed by atoms with Crippen molar-refractivity contribution in [1.29, 1.82) is 0 Å². The highest BCUT2D eigenvalue weighted by atomic mass is 19.1. The Kier molecular flexibility index (Phi) is 2.66. The quantitative estimate of drug-likeness (QED) is 0.624. The van der Waals surface area contributed by atoms with E-state index >= 15 is 0 Å². The molecule has 1 unspecified atom stereocenters. The summed E-state index contributed by atoms with van der Waals surface area (Å²) in [6.07, 6.45) is 3.11. The van der Waals surface area contributed by atoms with Crippen LogP contribution in [0.25, 0.3) is 0 Å². The maximum absolute atomic E-state index is 12.0. The molecule has 1 fully saturated rings. The third-order valence-electron chi connectivity index (χ3n) is 2.38. The van der Waals surface area contributed by atoms with Gasteiger partial charge >= 0.3 is 0 Å². The summed E-state index contributed by atoms with van der Waals surface area (Å²) in [4.78, 5) is 0. The Morgan fingerprint density at radius 1 is 1.60 bits per heavy atom. The van der Waals surface area contributed by atoms with Gasteiger partial charge in [-0.15, -0.1) is 0 Å². The van der Waals surface area contributed by atoms with E-state index in [1.165, 1.54) is 12.8 Å². The minimum atomic E-state index is -0.168. The molecule has 0 aromatic heterocycles. The molecule has 0 spiro atoms. The van der Waals surface area contributed by atoms with Crippen LogP contribution in [0.15, 0.2) is 0 Å². The Bertz CT molecular complexity index is 91.9. The minimum absolute atomic E-state index is 0.168. The number of piperidine rings is 1. The number of nitrogens with one attached hydrogen (secondary N) is 1. The van der Waals surface area contributed by atoms with E-state index in [-0.39, 0.29) is 12.1 Å². The van der Waals surface area contributed by atoms with Gasteiger partial charge in [0.1, 0.15) is 0 Å². The molecule has 0 aromatic rings. The summed E-state index contributed by atoms with van der Waals surface area (Å²) in [5.74, 6) is 0. The summed E-state index contributed by atoms with van der Waals surface area (Å²) in [5, 5.41) is 3.29. The monoisotopic (exact) mass is 145 g/mol. The second-order valence-electron chi connectivity index (χ2n) is 3.53. The first-order valence-electron chi connectivity index (χ1n) is 4.04. The second-order valence-corrected chi connectivity index (χ2v) is 3.53. The molecular formula is C8H16FN. The van der Waals surface area contributed by atoms with Crippen LogP contribution in [0.5, 0.6) is 0 Å². The summed E-state index contributed by atoms with van der Waals surface area (Å²) < 4.78 is 12.0. The van der Waals surface area contributed by atoms with E-state index in [4.69, 9.17) is 0 Å². The van der Waals surface area contributed by atoms with Crippen molar-refractivity contribution in [1.82, 2.24) is 5.32 Å². The van der Waals surface area contributed by atoms with Gasteiger partial charge in [-0.1, -0.05) is 6.92 Å². The molecule has 2 heteroatoms. The van der Waals surface area contributed by atoms with Gasteiger partial charge in [-0.05, 0) is 31.2 Å². The van der Waals surface area contributed by atoms with E-state index in [1.807, 2.05) is 0 Å². The van der Waals surface area contributed by atoms with Crippen LogP contribution >= 0.6 is 0 Å². The zero-order chi connectivity index (χ0) is 7.45. The molecule has 0 radical (unpaired) electrons. The van der Waals surface area contributed by atoms with Crippen molar-refractivity contribution < 1.29 is 4.39 Å². The lowest BCUT2D eigenvalue weighted by Crippen LogP contribution is -2.38. The molecule has 1 N–H and O–H groups in total. The molecule has 0 saturated carbocycles. The van der Waals surface area contributed by atoms with E-state index in [0.717, 1.165) is 19.5 Å². The zero-order valence-electron chi connectivity index (χ0n) is 6.62. The van der Waals surface area contributed by atoms with Crippen molar-refractivity contribution in [3.05, 3.63) is 0 Å². The van der Waals surface area contributed by atoms with Gasteiger partial charge in [-0.2, -0.15) is 0 Å². The van der Waals surface area contributed by atoms with Gasteiger partial charge in [0.05, 0.1) is 6.67 Å². The van der Waals surface area contributed by atoms with Gasteiger partial charge in [0.25, 0.3) is 0 Å². The van der Waals surface area contributed by atoms with Crippen molar-refractivity contribution in [3.8, 4) is 0 Å². The predicted molar refractivity (Wildman–Crippen MR) is 40.8 cm³/mol. The first-order valence-corrected chi connectivity index (χ1v) is 4.04. The van der Waals surface area contributed by atoms with Gasteiger partial charge in [-0.25, -0.2) is 0 Å². The topological polar surface area (TPSA) is 12.0 Å². The largest absolute Gasteiger partial charge is 0.316 e. The first-order chi connectivity index (χ1) is 4.77. The summed E-state index contributed by atoms with van der Waals surface area (Å²) in [6.45, 7) is 4.11. The minimum Gasteiger partial charge on any atom is -0.316 e. The Morgan fingerprint density at radius 2 is 2.40 bits per heavy atom. The second kappa shape index (κ2) is 3.33. The fraction of sp³-hybridized carbons (Fsp3) is 1.00. The Hall–Kier alpha value is -0.110. The highest BCUT2D eigenvalue weighted by molar-refractivity contribution is 4.80. The molecule has 0 amide bonds. The van der Waals surface area contributed by atoms with Crippen LogP contribution in [0.4, 0.5) is 4.39 Å². The van der Waals surface area contributed by atoms with Gasteiger partial charge < -0.3 is 5.32 Å². The Balaban J connectivity index is 2.32. The lowest BCUT2D eigenvalue weighted by atomic mass is 9.80. The Morgan fingerprint density at radius 3 is 2.90 bits per heavy atom. The number of alkyl halides is 1. The van der Waals surface area contributed by atoms with Crippen molar-refractivity contribution in [2.75, 3.05) is 19.8 Å². The van der Waals surface area contributed by atoms with Gasteiger partial charge in [-0.3, -0.25) is 4.39 Å². The predicted octanol–water partition coefficient (Wildman–Crippen LogP) is 1.74. The molecule has 10 heavy (non-hydrogen) atoms. The van der Waals surface area contributed by atoms with E-state index < -0.39 is 0 Å². The maximum Gasteiger partial charge on any atom is 0.0900 e. The lowest BCUT2D eigenvalue weighted by Gasteiger charge is -2.33. The van der Waals surface area contributed by atoms with E-state index in [2.05, 4.69) is 12.2 Å². The molecule has 1 aliphatic rings. The molecule has 1 atom stereocenters. The number of rotatable bonds is 2. The molecule has 0 aliphatic carbocycles. The SMILES string of the molecule is CC1(CCF)CCCNC1. The van der Waals surface area contributed by atoms with Crippen molar-refractivity contribution in [2.45, 2.75) is 26.2 Å². The standard InChI is InChI=1S/C8H16FN/c1-8(4-5-9)3-2-6-10-7-8/h10H,2-7H2,1H3. The molecule has 1 saturated heterocycles. The summed E-state index contributed by atoms with van der Waals surface area (Å²) in [7, 11) is 0. The molecule has 1 nitrogen and oxygen atoms in total. The lowest BCUT2D eigenvalue weighted by molar-refractivity contribution is 0.198.